The Balaban J connectivity index is 2.19. The topological polar surface area (TPSA) is 71.6 Å². The van der Waals surface area contributed by atoms with Crippen molar-refractivity contribution in [3.8, 4) is 0 Å². The van der Waals surface area contributed by atoms with Crippen LogP contribution in [0.15, 0.2) is 18.3 Å². The van der Waals surface area contributed by atoms with Crippen LogP contribution in [-0.4, -0.2) is 47.0 Å². The number of hydrogen-bond acceptors (Lipinski definition) is 5. The molecule has 1 fully saturated rings. The van der Waals surface area contributed by atoms with E-state index in [-0.39, 0.29) is 23.8 Å². The summed E-state index contributed by atoms with van der Waals surface area (Å²) in [5.41, 5.74) is 7.19. The molecule has 2 heterocycles. The molecule has 1 aromatic rings. The Bertz CT molecular complexity index is 441. The Kier molecular flexibility index (Phi) is 4.11. The summed E-state index contributed by atoms with van der Waals surface area (Å²) < 4.78 is 5.61. The third-order valence-electron chi connectivity index (χ3n) is 2.89. The van der Waals surface area contributed by atoms with Gasteiger partial charge in [0, 0.05) is 25.0 Å². The summed E-state index contributed by atoms with van der Waals surface area (Å²) in [5.74, 6) is 0. The molecule has 5 nitrogen and oxygen atoms in total. The van der Waals surface area contributed by atoms with Gasteiger partial charge in [-0.15, -0.1) is 0 Å². The molecular formula is C12H17N3O2S. The molecule has 3 N–H and O–H groups in total. The van der Waals surface area contributed by atoms with Crippen LogP contribution in [0.4, 0.5) is 5.69 Å². The van der Waals surface area contributed by atoms with E-state index in [0.717, 1.165) is 12.2 Å². The van der Waals surface area contributed by atoms with Crippen LogP contribution in [-0.2, 0) is 4.74 Å². The largest absolute Gasteiger partial charge is 0.394 e. The van der Waals surface area contributed by atoms with E-state index >= 15 is 0 Å². The molecule has 1 aliphatic rings. The molecule has 98 valence electrons. The van der Waals surface area contributed by atoms with Gasteiger partial charge in [0.25, 0.3) is 0 Å². The molecule has 0 aromatic carbocycles. The second-order valence-electron chi connectivity index (χ2n) is 4.42. The predicted octanol–water partition coefficient (Wildman–Crippen LogP) is 0.302. The lowest BCUT2D eigenvalue weighted by atomic mass is 10.2. The van der Waals surface area contributed by atoms with E-state index in [0.29, 0.717) is 12.2 Å². The standard InChI is InChI=1S/C12H17N3O2S/c1-8-5-15(6-10(7-16)17-8)9-2-3-14-11(4-9)12(13)18/h2-4,8,10,16H,5-7H2,1H3,(H2,13,18). The number of rotatable bonds is 3. The van der Waals surface area contributed by atoms with Gasteiger partial charge >= 0.3 is 0 Å². The Hall–Kier alpha value is -1.24. The van der Waals surface area contributed by atoms with Gasteiger partial charge in [-0.3, -0.25) is 4.98 Å². The van der Waals surface area contributed by atoms with Crippen molar-refractivity contribution in [2.24, 2.45) is 5.73 Å². The Morgan fingerprint density at radius 2 is 2.44 bits per heavy atom. The van der Waals surface area contributed by atoms with E-state index in [1.807, 2.05) is 19.1 Å². The maximum atomic E-state index is 9.21. The summed E-state index contributed by atoms with van der Waals surface area (Å²) in [6.45, 7) is 3.44. The summed E-state index contributed by atoms with van der Waals surface area (Å²) >= 11 is 4.92. The average molecular weight is 267 g/mol. The summed E-state index contributed by atoms with van der Waals surface area (Å²) in [7, 11) is 0. The molecule has 0 saturated carbocycles. The number of anilines is 1. The van der Waals surface area contributed by atoms with E-state index in [1.54, 1.807) is 6.20 Å². The van der Waals surface area contributed by atoms with Crippen molar-refractivity contribution in [1.82, 2.24) is 4.98 Å². The zero-order valence-corrected chi connectivity index (χ0v) is 11.1. The van der Waals surface area contributed by atoms with E-state index in [1.165, 1.54) is 0 Å². The minimum Gasteiger partial charge on any atom is -0.394 e. The molecule has 2 rings (SSSR count). The maximum absolute atomic E-state index is 9.21. The third kappa shape index (κ3) is 2.95. The highest BCUT2D eigenvalue weighted by molar-refractivity contribution is 7.80. The van der Waals surface area contributed by atoms with Crippen molar-refractivity contribution in [2.45, 2.75) is 19.1 Å². The first-order valence-corrected chi connectivity index (χ1v) is 6.28. The van der Waals surface area contributed by atoms with Crippen molar-refractivity contribution in [3.63, 3.8) is 0 Å². The number of morpholine rings is 1. The van der Waals surface area contributed by atoms with Gasteiger partial charge in [0.15, 0.2) is 0 Å². The smallest absolute Gasteiger partial charge is 0.122 e. The summed E-state index contributed by atoms with van der Waals surface area (Å²) in [6.07, 6.45) is 1.62. The monoisotopic (exact) mass is 267 g/mol. The zero-order chi connectivity index (χ0) is 13.1. The normalized spacial score (nSPS) is 24.0. The minimum absolute atomic E-state index is 0.0219. The molecule has 1 aliphatic heterocycles. The molecule has 0 bridgehead atoms. The van der Waals surface area contributed by atoms with Gasteiger partial charge in [-0.05, 0) is 19.1 Å². The molecule has 18 heavy (non-hydrogen) atoms. The molecule has 0 radical (unpaired) electrons. The fraction of sp³-hybridized carbons (Fsp3) is 0.500. The molecular weight excluding hydrogens is 250 g/mol. The van der Waals surface area contributed by atoms with E-state index in [2.05, 4.69) is 9.88 Å². The van der Waals surface area contributed by atoms with Crippen LogP contribution in [0.25, 0.3) is 0 Å². The van der Waals surface area contributed by atoms with Crippen LogP contribution in [0.5, 0.6) is 0 Å². The number of aliphatic hydroxyl groups excluding tert-OH is 1. The first-order valence-electron chi connectivity index (χ1n) is 5.87. The van der Waals surface area contributed by atoms with Crippen molar-refractivity contribution >= 4 is 22.9 Å². The molecule has 0 aliphatic carbocycles. The summed E-state index contributed by atoms with van der Waals surface area (Å²) in [6, 6.07) is 3.78. The van der Waals surface area contributed by atoms with Gasteiger partial charge in [0.1, 0.15) is 4.99 Å². The van der Waals surface area contributed by atoms with E-state index < -0.39 is 0 Å². The first-order chi connectivity index (χ1) is 8.60. The number of aromatic nitrogens is 1. The third-order valence-corrected chi connectivity index (χ3v) is 3.10. The molecule has 1 aromatic heterocycles. The SMILES string of the molecule is CC1CN(c2ccnc(C(N)=S)c2)CC(CO)O1. The first kappa shape index (κ1) is 13.2. The quantitative estimate of drug-likeness (QED) is 0.768. The molecule has 2 unspecified atom stereocenters. The maximum Gasteiger partial charge on any atom is 0.122 e. The number of aliphatic hydroxyl groups is 1. The van der Waals surface area contributed by atoms with E-state index in [4.69, 9.17) is 22.7 Å². The minimum atomic E-state index is -0.157. The van der Waals surface area contributed by atoms with Crippen LogP contribution >= 0.6 is 12.2 Å². The second kappa shape index (κ2) is 5.60. The number of thiocarbonyl (C=S) groups is 1. The fourth-order valence-electron chi connectivity index (χ4n) is 2.11. The fourth-order valence-corrected chi connectivity index (χ4v) is 2.22. The number of nitrogens with zero attached hydrogens (tertiary/aromatic N) is 2. The molecule has 0 spiro atoms. The predicted molar refractivity (Wildman–Crippen MR) is 73.8 cm³/mol. The van der Waals surface area contributed by atoms with Gasteiger partial charge in [0.2, 0.25) is 0 Å². The molecule has 1 saturated heterocycles. The molecule has 0 amide bonds. The van der Waals surface area contributed by atoms with Crippen molar-refractivity contribution in [2.75, 3.05) is 24.6 Å². The van der Waals surface area contributed by atoms with Crippen LogP contribution in [0, 0.1) is 0 Å². The highest BCUT2D eigenvalue weighted by atomic mass is 32.1. The van der Waals surface area contributed by atoms with Gasteiger partial charge in [-0.25, -0.2) is 0 Å². The van der Waals surface area contributed by atoms with Crippen molar-refractivity contribution in [1.29, 1.82) is 0 Å². The average Bonchev–Trinajstić information content (AvgIpc) is 2.38. The highest BCUT2D eigenvalue weighted by Gasteiger charge is 2.25. The van der Waals surface area contributed by atoms with Crippen LogP contribution < -0.4 is 10.6 Å². The summed E-state index contributed by atoms with van der Waals surface area (Å²) in [5, 5.41) is 9.21. The number of pyridine rings is 1. The van der Waals surface area contributed by atoms with Crippen LogP contribution in [0.3, 0.4) is 0 Å². The number of hydrogen-bond donors (Lipinski definition) is 2. The van der Waals surface area contributed by atoms with Crippen LogP contribution in [0.1, 0.15) is 12.6 Å². The summed E-state index contributed by atoms with van der Waals surface area (Å²) in [4.78, 5) is 6.56. The Morgan fingerprint density at radius 1 is 1.67 bits per heavy atom. The lowest BCUT2D eigenvalue weighted by molar-refractivity contribution is -0.0421. The van der Waals surface area contributed by atoms with E-state index in [9.17, 15) is 5.11 Å². The van der Waals surface area contributed by atoms with Gasteiger partial charge in [0.05, 0.1) is 24.5 Å². The lowest BCUT2D eigenvalue weighted by Crippen LogP contribution is -2.48. The zero-order valence-electron chi connectivity index (χ0n) is 10.2. The highest BCUT2D eigenvalue weighted by Crippen LogP contribution is 2.20. The number of nitrogens with two attached hydrogens (primary N) is 1. The Morgan fingerprint density at radius 3 is 3.11 bits per heavy atom. The molecule has 2 atom stereocenters. The van der Waals surface area contributed by atoms with Crippen molar-refractivity contribution < 1.29 is 9.84 Å². The molecule has 6 heteroatoms. The number of ether oxygens (including phenoxy) is 1. The van der Waals surface area contributed by atoms with Gasteiger partial charge in [-0.1, -0.05) is 12.2 Å². The van der Waals surface area contributed by atoms with Gasteiger partial charge in [-0.2, -0.15) is 0 Å². The van der Waals surface area contributed by atoms with Gasteiger partial charge < -0.3 is 20.5 Å². The van der Waals surface area contributed by atoms with Crippen LogP contribution in [0.2, 0.25) is 0 Å². The second-order valence-corrected chi connectivity index (χ2v) is 4.86. The van der Waals surface area contributed by atoms with Crippen molar-refractivity contribution in [3.05, 3.63) is 24.0 Å². The lowest BCUT2D eigenvalue weighted by Gasteiger charge is -2.37. The Labute approximate surface area is 112 Å².